The minimum atomic E-state index is -1.15. The number of piperidine rings is 1. The fourth-order valence-corrected chi connectivity index (χ4v) is 13.1. The molecule has 22 heteroatoms. The van der Waals surface area contributed by atoms with Crippen molar-refractivity contribution in [2.45, 2.75) is 115 Å². The van der Waals surface area contributed by atoms with Crippen LogP contribution < -0.4 is 21.5 Å². The van der Waals surface area contributed by atoms with Crippen molar-refractivity contribution in [1.29, 1.82) is 0 Å². The van der Waals surface area contributed by atoms with E-state index >= 15 is 0 Å². The van der Waals surface area contributed by atoms with E-state index in [0.717, 1.165) is 33.4 Å². The van der Waals surface area contributed by atoms with Crippen molar-refractivity contribution < 1.29 is 47.2 Å². The highest BCUT2D eigenvalue weighted by Crippen LogP contribution is 2.44. The van der Waals surface area contributed by atoms with Crippen LogP contribution in [-0.2, 0) is 51.3 Å². The Labute approximate surface area is 469 Å². The predicted molar refractivity (Wildman–Crippen MR) is 304 cm³/mol. The molecule has 0 saturated carbocycles. The fourth-order valence-electron chi connectivity index (χ4n) is 12.6. The zero-order valence-corrected chi connectivity index (χ0v) is 48.4. The largest absolute Gasteiger partial charge is 0.464 e. The molecule has 1 aromatic carbocycles. The van der Waals surface area contributed by atoms with Gasteiger partial charge in [0.25, 0.3) is 5.91 Å². The molecular weight excluding hydrogens is 1040 g/mol. The molecule has 5 aliphatic heterocycles. The zero-order chi connectivity index (χ0) is 56.5. The highest BCUT2D eigenvalue weighted by atomic mass is 32.1. The number of urea groups is 1. The van der Waals surface area contributed by atoms with Crippen molar-refractivity contribution in [3.8, 4) is 11.3 Å². The van der Waals surface area contributed by atoms with Gasteiger partial charge in [0.1, 0.15) is 12.7 Å². The number of nitrogens with two attached hydrogens (primary N) is 1. The number of fused-ring (bicyclic) bond motifs is 6. The number of carbonyl (C=O) groups excluding carboxylic acids is 5. The van der Waals surface area contributed by atoms with Gasteiger partial charge in [-0.05, 0) is 94.3 Å². The molecule has 2 aromatic heterocycles. The van der Waals surface area contributed by atoms with E-state index in [0.29, 0.717) is 83.7 Å². The molecule has 4 saturated heterocycles. The van der Waals surface area contributed by atoms with Crippen LogP contribution in [0.25, 0.3) is 22.2 Å². The average Bonchev–Trinajstić information content (AvgIpc) is 3.72. The van der Waals surface area contributed by atoms with E-state index in [1.54, 1.807) is 37.0 Å². The van der Waals surface area contributed by atoms with Crippen molar-refractivity contribution >= 4 is 76.1 Å². The molecule has 1 unspecified atom stereocenters. The Morgan fingerprint density at radius 2 is 1.87 bits per heavy atom. The molecule has 5 aliphatic rings. The maximum absolute atomic E-state index is 15.0. The topological polar surface area (TPSA) is 197 Å². The molecule has 6 bridgehead atoms. The number of amides is 5. The third kappa shape index (κ3) is 12.0. The number of aryl methyl sites for hydroxylation is 1. The predicted octanol–water partition coefficient (Wildman–Crippen LogP) is 5.35. The number of rotatable bonds is 11. The Hall–Kier alpha value is -5.07. The summed E-state index contributed by atoms with van der Waals surface area (Å²) in [4.78, 5) is 82.6. The molecule has 4 N–H and O–H groups in total. The van der Waals surface area contributed by atoms with Gasteiger partial charge in [-0.25, -0.2) is 14.6 Å². The number of thiol groups is 1. The van der Waals surface area contributed by atoms with E-state index in [4.69, 9.17) is 49.9 Å². The number of thiocarbonyl (C=S) groups is 1. The summed E-state index contributed by atoms with van der Waals surface area (Å²) in [7, 11) is 3.11. The maximum Gasteiger partial charge on any atom is 0.438 e. The second-order valence-corrected chi connectivity index (χ2v) is 24.5. The number of likely N-dealkylation sites (tertiary alicyclic amines) is 1. The molecule has 426 valence electrons. The number of alkyl halides is 1. The van der Waals surface area contributed by atoms with Crippen LogP contribution in [0.4, 0.5) is 14.9 Å². The number of ether oxygens (including phenoxy) is 3. The van der Waals surface area contributed by atoms with Crippen molar-refractivity contribution in [3.05, 3.63) is 60.4 Å². The van der Waals surface area contributed by atoms with Crippen molar-refractivity contribution in [3.63, 3.8) is 0 Å². The number of cyclic esters (lactones) is 1. The molecule has 0 radical (unpaired) electrons. The van der Waals surface area contributed by atoms with E-state index in [2.05, 4.69) is 76.7 Å². The lowest BCUT2D eigenvalue weighted by Crippen LogP contribution is -2.73. The quantitative estimate of drug-likeness (QED) is 0.0221. The highest BCUT2D eigenvalue weighted by Gasteiger charge is 2.52. The molecular formula is C56H81FN11O8S2+. The molecule has 0 aliphatic carbocycles. The minimum absolute atomic E-state index is 0.0599. The summed E-state index contributed by atoms with van der Waals surface area (Å²) in [5, 5.41) is 5.34. The van der Waals surface area contributed by atoms with Gasteiger partial charge in [0.15, 0.2) is 11.0 Å². The second kappa shape index (κ2) is 23.9. The van der Waals surface area contributed by atoms with Crippen molar-refractivity contribution in [2.24, 2.45) is 23.1 Å². The van der Waals surface area contributed by atoms with Crippen molar-refractivity contribution in [2.75, 3.05) is 97.8 Å². The Morgan fingerprint density at radius 1 is 1.13 bits per heavy atom. The number of halogens is 1. The van der Waals surface area contributed by atoms with E-state index in [-0.39, 0.29) is 50.1 Å². The Bertz CT molecular complexity index is 2760. The lowest BCUT2D eigenvalue weighted by molar-refractivity contribution is -0.865. The Morgan fingerprint density at radius 3 is 2.55 bits per heavy atom. The molecule has 7 heterocycles. The van der Waals surface area contributed by atoms with Crippen LogP contribution in [0.15, 0.2) is 49.2 Å². The molecule has 1 spiro atoms. The standard InChI is InChI=1S/C56H80FN11O8S2/c1-10-45(69)64-26-27-65(25-20-57)56(34-64)18-23-62(24-19-56)53(73)68(8,58)47(36(3)4)49(70)60-50(77)41-31-38-33-63(28-29-75-38)37-16-17-44-40(30-37)42(46(66(44)11-2)39-14-12-21-59-48(39)55(7,78)74-9)32-54(5,6)35-76-52(72)43-15-13-22-67(61-43)51(41)71/h10,12,14,16-17,21,30,36,38,41,43,47,61H,1,11,13,15,18-20,22-29,31-35,58H2,2-9H3,(H-,60,70,77,78)/p+1/t38-,41+,43-,47-,55+,68?/m0/s1. The van der Waals surface area contributed by atoms with Crippen LogP contribution in [0.1, 0.15) is 84.9 Å². The third-order valence-corrected chi connectivity index (χ3v) is 17.5. The lowest BCUT2D eigenvalue weighted by Gasteiger charge is -2.54. The van der Waals surface area contributed by atoms with Crippen LogP contribution in [-0.4, -0.2) is 185 Å². The van der Waals surface area contributed by atoms with Gasteiger partial charge < -0.3 is 33.9 Å². The number of methoxy groups -OCH3 is 1. The lowest BCUT2D eigenvalue weighted by atomic mass is 9.83. The summed E-state index contributed by atoms with van der Waals surface area (Å²) in [6, 6.07) is 7.96. The van der Waals surface area contributed by atoms with Gasteiger partial charge >= 0.3 is 12.0 Å². The molecule has 8 rings (SSSR count). The number of benzene rings is 1. The number of carbonyl (C=O) groups is 5. The number of hydrazine groups is 1. The number of hydrogen-bond acceptors (Lipinski definition) is 15. The fraction of sp³-hybridized carbons (Fsp3) is 0.625. The summed E-state index contributed by atoms with van der Waals surface area (Å²) in [6.45, 7) is 19.3. The summed E-state index contributed by atoms with van der Waals surface area (Å²) < 4.78 is 33.8. The first-order chi connectivity index (χ1) is 37.0. The van der Waals surface area contributed by atoms with E-state index in [1.807, 2.05) is 13.0 Å². The summed E-state index contributed by atoms with van der Waals surface area (Å²) >= 11 is 11.0. The van der Waals surface area contributed by atoms with Crippen LogP contribution in [0.3, 0.4) is 0 Å². The van der Waals surface area contributed by atoms with E-state index in [9.17, 15) is 28.4 Å². The molecule has 78 heavy (non-hydrogen) atoms. The molecule has 4 fully saturated rings. The maximum atomic E-state index is 15.0. The summed E-state index contributed by atoms with van der Waals surface area (Å²) in [6.07, 6.45) is 5.00. The van der Waals surface area contributed by atoms with Gasteiger partial charge in [0.05, 0.1) is 48.7 Å². The first kappa shape index (κ1) is 59.1. The van der Waals surface area contributed by atoms with Gasteiger partial charge in [0.2, 0.25) is 11.8 Å². The molecule has 6 atom stereocenters. The minimum Gasteiger partial charge on any atom is -0.464 e. The zero-order valence-electron chi connectivity index (χ0n) is 46.7. The number of pyridine rings is 1. The summed E-state index contributed by atoms with van der Waals surface area (Å²) in [5.74, 6) is 3.64. The van der Waals surface area contributed by atoms with E-state index in [1.165, 1.54) is 18.1 Å². The van der Waals surface area contributed by atoms with E-state index < -0.39 is 81.0 Å². The van der Waals surface area contributed by atoms with Gasteiger partial charge in [-0.15, -0.1) is 12.6 Å². The molecule has 3 aromatic rings. The number of aromatic nitrogens is 2. The number of piperazine rings is 1. The Kier molecular flexibility index (Phi) is 18.1. The average molecular weight is 1120 g/mol. The Balaban J connectivity index is 1.08. The number of nitrogens with zero attached hydrogens (tertiary/aromatic N) is 8. The monoisotopic (exact) mass is 1120 g/mol. The summed E-state index contributed by atoms with van der Waals surface area (Å²) in [5.41, 5.74) is 7.65. The van der Waals surface area contributed by atoms with Crippen LogP contribution in [0.5, 0.6) is 0 Å². The van der Waals surface area contributed by atoms with Crippen LogP contribution >= 0.6 is 24.8 Å². The third-order valence-electron chi connectivity index (χ3n) is 16.7. The normalized spacial score (nSPS) is 24.2. The van der Waals surface area contributed by atoms with Crippen molar-refractivity contribution in [1.82, 2.24) is 40.0 Å². The number of hydrogen-bond donors (Lipinski definition) is 4. The molecule has 5 amide bonds. The van der Waals surface area contributed by atoms with Crippen LogP contribution in [0, 0.1) is 17.3 Å². The molecule has 19 nitrogen and oxygen atoms in total. The SMILES string of the molecule is C=CC(=O)N1CCN(CCF)C2(CCN(C(=O)[N+](C)(N)[C@H](C(=O)NC(=S)[C@H]3C[C@H]4CN(CCO4)c4ccc5c(c4)c(c(-c4cccnc4[C@@](C)(S)OC)n5CC)CC(C)(C)COC(=O)[C@@H]4CCCN(N4)C3=O)C(C)C)CC2)C1. The number of morpholine rings is 1. The number of anilines is 1. The van der Waals surface area contributed by atoms with Gasteiger partial charge in [-0.2, -0.15) is 10.4 Å². The van der Waals surface area contributed by atoms with Gasteiger partial charge in [-0.1, -0.05) is 46.5 Å². The van der Waals surface area contributed by atoms with Gasteiger partial charge in [0, 0.05) is 118 Å². The van der Waals surface area contributed by atoms with Gasteiger partial charge in [-0.3, -0.25) is 39.0 Å². The van der Waals surface area contributed by atoms with Crippen LogP contribution in [0.2, 0.25) is 0 Å². The first-order valence-electron chi connectivity index (χ1n) is 27.5. The number of quaternary nitrogens is 1. The number of nitrogens with one attached hydrogen (secondary N) is 2. The number of likely N-dealkylation sites (N-methyl/N-ethyl adjacent to an activating group) is 1. The smallest absolute Gasteiger partial charge is 0.438 e. The number of esters is 1. The second-order valence-electron chi connectivity index (χ2n) is 23.2. The first-order valence-corrected chi connectivity index (χ1v) is 28.4. The highest BCUT2D eigenvalue weighted by molar-refractivity contribution is 7.81.